The quantitative estimate of drug-likeness (QED) is 0.915. The maximum Gasteiger partial charge on any atom is 0.164 e. The number of hydrogen-bond acceptors (Lipinski definition) is 2. The fourth-order valence-electron chi connectivity index (χ4n) is 2.93. The highest BCUT2D eigenvalue weighted by molar-refractivity contribution is 5.24. The number of halogens is 2. The largest absolute Gasteiger partial charge is 0.386 e. The first-order valence-corrected chi connectivity index (χ1v) is 7.31. The van der Waals surface area contributed by atoms with Crippen molar-refractivity contribution in [3.05, 3.63) is 35.4 Å². The van der Waals surface area contributed by atoms with Crippen LogP contribution in [0.25, 0.3) is 0 Å². The molecule has 1 N–H and O–H groups in total. The van der Waals surface area contributed by atoms with Gasteiger partial charge in [0.2, 0.25) is 0 Å². The van der Waals surface area contributed by atoms with Crippen LogP contribution in [0.2, 0.25) is 0 Å². The molecule has 112 valence electrons. The summed E-state index contributed by atoms with van der Waals surface area (Å²) in [4.78, 5) is 2.19. The summed E-state index contributed by atoms with van der Waals surface area (Å²) in [6.45, 7) is 5.57. The molecule has 0 aliphatic carbocycles. The topological polar surface area (TPSA) is 23.5 Å². The van der Waals surface area contributed by atoms with Crippen LogP contribution in [0.15, 0.2) is 18.2 Å². The van der Waals surface area contributed by atoms with Crippen LogP contribution in [-0.2, 0) is 0 Å². The number of hydrogen-bond donors (Lipinski definition) is 1. The van der Waals surface area contributed by atoms with Gasteiger partial charge >= 0.3 is 0 Å². The Labute approximate surface area is 119 Å². The number of rotatable bonds is 3. The van der Waals surface area contributed by atoms with Crippen molar-refractivity contribution in [1.29, 1.82) is 0 Å². The zero-order valence-electron chi connectivity index (χ0n) is 12.2. The molecular weight excluding hydrogens is 260 g/mol. The third kappa shape index (κ3) is 3.01. The SMILES string of the molecule is CC(C)(C(O)c1cccc(F)c1F)N1CCCCCC1. The second-order valence-corrected chi connectivity index (χ2v) is 6.10. The van der Waals surface area contributed by atoms with Crippen LogP contribution in [0.4, 0.5) is 8.78 Å². The van der Waals surface area contributed by atoms with Gasteiger partial charge in [-0.1, -0.05) is 25.0 Å². The van der Waals surface area contributed by atoms with Gasteiger partial charge in [-0.15, -0.1) is 0 Å². The summed E-state index contributed by atoms with van der Waals surface area (Å²) in [6.07, 6.45) is 3.51. The van der Waals surface area contributed by atoms with E-state index in [-0.39, 0.29) is 5.56 Å². The monoisotopic (exact) mass is 283 g/mol. The molecule has 1 unspecified atom stereocenters. The van der Waals surface area contributed by atoms with Crippen LogP contribution in [0, 0.1) is 11.6 Å². The van der Waals surface area contributed by atoms with Crippen molar-refractivity contribution in [2.24, 2.45) is 0 Å². The number of aliphatic hydroxyl groups is 1. The Morgan fingerprint density at radius 1 is 1.10 bits per heavy atom. The van der Waals surface area contributed by atoms with Gasteiger partial charge in [0, 0.05) is 11.1 Å². The van der Waals surface area contributed by atoms with Gasteiger partial charge in [0.05, 0.1) is 6.10 Å². The van der Waals surface area contributed by atoms with Crippen LogP contribution in [0.1, 0.15) is 51.2 Å². The van der Waals surface area contributed by atoms with E-state index in [4.69, 9.17) is 0 Å². The molecule has 0 amide bonds. The van der Waals surface area contributed by atoms with Crippen molar-refractivity contribution in [3.8, 4) is 0 Å². The van der Waals surface area contributed by atoms with E-state index in [2.05, 4.69) is 4.90 Å². The average Bonchev–Trinajstić information content (AvgIpc) is 2.70. The van der Waals surface area contributed by atoms with Crippen LogP contribution in [0.3, 0.4) is 0 Å². The minimum absolute atomic E-state index is 0.0410. The summed E-state index contributed by atoms with van der Waals surface area (Å²) in [7, 11) is 0. The summed E-state index contributed by atoms with van der Waals surface area (Å²) < 4.78 is 27.2. The smallest absolute Gasteiger partial charge is 0.164 e. The lowest BCUT2D eigenvalue weighted by Gasteiger charge is -2.41. The molecule has 0 aromatic heterocycles. The first kappa shape index (κ1) is 15.4. The summed E-state index contributed by atoms with van der Waals surface area (Å²) in [5, 5.41) is 10.5. The van der Waals surface area contributed by atoms with E-state index < -0.39 is 23.3 Å². The van der Waals surface area contributed by atoms with E-state index in [9.17, 15) is 13.9 Å². The van der Waals surface area contributed by atoms with Gasteiger partial charge in [0.15, 0.2) is 11.6 Å². The minimum atomic E-state index is -1.05. The molecule has 0 bridgehead atoms. The molecule has 1 aromatic carbocycles. The second kappa shape index (κ2) is 6.19. The maximum atomic E-state index is 13.9. The van der Waals surface area contributed by atoms with Crippen molar-refractivity contribution in [1.82, 2.24) is 4.90 Å². The second-order valence-electron chi connectivity index (χ2n) is 6.10. The lowest BCUT2D eigenvalue weighted by atomic mass is 9.88. The molecule has 1 saturated heterocycles. The van der Waals surface area contributed by atoms with Gasteiger partial charge in [-0.25, -0.2) is 8.78 Å². The number of nitrogens with zero attached hydrogens (tertiary/aromatic N) is 1. The highest BCUT2D eigenvalue weighted by Gasteiger charge is 2.37. The van der Waals surface area contributed by atoms with Gasteiger partial charge in [0.1, 0.15) is 0 Å². The van der Waals surface area contributed by atoms with E-state index in [1.165, 1.54) is 25.0 Å². The Balaban J connectivity index is 2.25. The molecule has 0 saturated carbocycles. The van der Waals surface area contributed by atoms with Crippen molar-refractivity contribution >= 4 is 0 Å². The number of likely N-dealkylation sites (tertiary alicyclic amines) is 1. The van der Waals surface area contributed by atoms with Crippen molar-refractivity contribution < 1.29 is 13.9 Å². The van der Waals surface area contributed by atoms with Crippen molar-refractivity contribution in [2.45, 2.75) is 51.2 Å². The standard InChI is InChI=1S/C16H23F2NO/c1-16(2,19-10-5-3-4-6-11-19)15(20)12-8-7-9-13(17)14(12)18/h7-9,15,20H,3-6,10-11H2,1-2H3. The van der Waals surface area contributed by atoms with E-state index in [0.29, 0.717) is 0 Å². The molecule has 1 aromatic rings. The normalized spacial score (nSPS) is 19.6. The fourth-order valence-corrected chi connectivity index (χ4v) is 2.93. The summed E-state index contributed by atoms with van der Waals surface area (Å²) >= 11 is 0. The Kier molecular flexibility index (Phi) is 4.76. The summed E-state index contributed by atoms with van der Waals surface area (Å²) in [6, 6.07) is 3.97. The van der Waals surface area contributed by atoms with Gasteiger partial charge in [0.25, 0.3) is 0 Å². The van der Waals surface area contributed by atoms with E-state index in [1.807, 2.05) is 13.8 Å². The molecule has 1 heterocycles. The minimum Gasteiger partial charge on any atom is -0.386 e. The molecule has 1 fully saturated rings. The average molecular weight is 283 g/mol. The lowest BCUT2D eigenvalue weighted by molar-refractivity contribution is -0.0121. The highest BCUT2D eigenvalue weighted by Crippen LogP contribution is 2.34. The molecule has 0 spiro atoms. The summed E-state index contributed by atoms with van der Waals surface area (Å²) in [5.74, 6) is -1.85. The Morgan fingerprint density at radius 2 is 1.70 bits per heavy atom. The number of aliphatic hydroxyl groups excluding tert-OH is 1. The van der Waals surface area contributed by atoms with Gasteiger partial charge in [-0.2, -0.15) is 0 Å². The van der Waals surface area contributed by atoms with Crippen LogP contribution < -0.4 is 0 Å². The third-order valence-corrected chi connectivity index (χ3v) is 4.37. The Morgan fingerprint density at radius 3 is 2.30 bits per heavy atom. The fraction of sp³-hybridized carbons (Fsp3) is 0.625. The van der Waals surface area contributed by atoms with Crippen LogP contribution >= 0.6 is 0 Å². The van der Waals surface area contributed by atoms with Crippen LogP contribution in [0.5, 0.6) is 0 Å². The van der Waals surface area contributed by atoms with E-state index in [0.717, 1.165) is 32.0 Å². The van der Waals surface area contributed by atoms with Gasteiger partial charge in [-0.3, -0.25) is 4.90 Å². The van der Waals surface area contributed by atoms with Crippen molar-refractivity contribution in [3.63, 3.8) is 0 Å². The zero-order valence-corrected chi connectivity index (χ0v) is 12.2. The highest BCUT2D eigenvalue weighted by atomic mass is 19.2. The molecule has 0 radical (unpaired) electrons. The Bertz CT molecular complexity index is 454. The zero-order chi connectivity index (χ0) is 14.8. The Hall–Kier alpha value is -1.00. The van der Waals surface area contributed by atoms with Crippen LogP contribution in [-0.4, -0.2) is 28.6 Å². The van der Waals surface area contributed by atoms with E-state index in [1.54, 1.807) is 0 Å². The maximum absolute atomic E-state index is 13.9. The molecule has 2 rings (SSSR count). The van der Waals surface area contributed by atoms with E-state index >= 15 is 0 Å². The molecule has 1 aliphatic heterocycles. The predicted octanol–water partition coefficient (Wildman–Crippen LogP) is 3.65. The lowest BCUT2D eigenvalue weighted by Crippen LogP contribution is -2.49. The first-order chi connectivity index (χ1) is 9.44. The molecule has 20 heavy (non-hydrogen) atoms. The molecule has 1 atom stereocenters. The van der Waals surface area contributed by atoms with Gasteiger partial charge in [-0.05, 0) is 45.8 Å². The molecule has 1 aliphatic rings. The predicted molar refractivity (Wildman–Crippen MR) is 75.4 cm³/mol. The number of benzene rings is 1. The van der Waals surface area contributed by atoms with Crippen molar-refractivity contribution in [2.75, 3.05) is 13.1 Å². The molecular formula is C16H23F2NO. The molecule has 4 heteroatoms. The summed E-state index contributed by atoms with van der Waals surface area (Å²) in [5.41, 5.74) is -0.571. The van der Waals surface area contributed by atoms with Gasteiger partial charge < -0.3 is 5.11 Å². The molecule has 2 nitrogen and oxygen atoms in total. The first-order valence-electron chi connectivity index (χ1n) is 7.31. The third-order valence-electron chi connectivity index (χ3n) is 4.37.